The second-order valence-electron chi connectivity index (χ2n) is 2.69. The van der Waals surface area contributed by atoms with Crippen molar-refractivity contribution in [3.63, 3.8) is 0 Å². The summed E-state index contributed by atoms with van der Waals surface area (Å²) < 4.78 is 0.913. The van der Waals surface area contributed by atoms with Gasteiger partial charge in [0.05, 0.1) is 0 Å². The molecule has 0 amide bonds. The van der Waals surface area contributed by atoms with Crippen LogP contribution in [0.25, 0.3) is 6.08 Å². The smallest absolute Gasteiger partial charge is 0.0481 e. The molecule has 0 radical (unpaired) electrons. The Hall–Kier alpha value is -0.890. The maximum atomic E-state index is 5.18. The van der Waals surface area contributed by atoms with Crippen molar-refractivity contribution in [2.75, 3.05) is 0 Å². The van der Waals surface area contributed by atoms with Crippen LogP contribution in [-0.2, 0) is 0 Å². The molecule has 1 heterocycles. The van der Waals surface area contributed by atoms with Gasteiger partial charge < -0.3 is 4.98 Å². The SMILES string of the molecule is CC.CC/C=C\c1c(C)[nH]ccc1=S. The minimum atomic E-state index is 0.913. The molecule has 0 fully saturated rings. The van der Waals surface area contributed by atoms with E-state index in [1.54, 1.807) is 0 Å². The summed E-state index contributed by atoms with van der Waals surface area (Å²) in [5.41, 5.74) is 2.27. The molecular formula is C12H19NS. The van der Waals surface area contributed by atoms with Gasteiger partial charge in [0.2, 0.25) is 0 Å². The van der Waals surface area contributed by atoms with Gasteiger partial charge in [-0.25, -0.2) is 0 Å². The second-order valence-corrected chi connectivity index (χ2v) is 3.13. The zero-order valence-corrected chi connectivity index (χ0v) is 10.2. The number of aromatic nitrogens is 1. The summed E-state index contributed by atoms with van der Waals surface area (Å²) >= 11 is 5.18. The molecule has 0 unspecified atom stereocenters. The van der Waals surface area contributed by atoms with Gasteiger partial charge in [0, 0.05) is 22.0 Å². The zero-order chi connectivity index (χ0) is 11.0. The Morgan fingerprint density at radius 1 is 1.43 bits per heavy atom. The molecule has 1 aromatic rings. The number of aromatic amines is 1. The van der Waals surface area contributed by atoms with Gasteiger partial charge in [0.15, 0.2) is 0 Å². The van der Waals surface area contributed by atoms with Crippen LogP contribution in [0, 0.1) is 11.4 Å². The summed E-state index contributed by atoms with van der Waals surface area (Å²) in [6.45, 7) is 8.15. The Bertz CT molecular complexity index is 336. The van der Waals surface area contributed by atoms with Crippen molar-refractivity contribution in [3.05, 3.63) is 34.1 Å². The lowest BCUT2D eigenvalue weighted by Crippen LogP contribution is -1.85. The van der Waals surface area contributed by atoms with Crippen LogP contribution in [0.3, 0.4) is 0 Å². The Morgan fingerprint density at radius 2 is 2.07 bits per heavy atom. The molecule has 78 valence electrons. The van der Waals surface area contributed by atoms with Crippen LogP contribution in [0.4, 0.5) is 0 Å². The molecule has 0 aliphatic carbocycles. The fourth-order valence-corrected chi connectivity index (χ4v) is 1.33. The van der Waals surface area contributed by atoms with Crippen LogP contribution in [0.5, 0.6) is 0 Å². The molecule has 0 saturated carbocycles. The summed E-state index contributed by atoms with van der Waals surface area (Å²) in [5, 5.41) is 0. The predicted octanol–water partition coefficient (Wildman–Crippen LogP) is 4.50. The van der Waals surface area contributed by atoms with Crippen molar-refractivity contribution >= 4 is 18.3 Å². The van der Waals surface area contributed by atoms with Crippen LogP contribution >= 0.6 is 12.2 Å². The molecule has 0 aliphatic heterocycles. The van der Waals surface area contributed by atoms with E-state index >= 15 is 0 Å². The van der Waals surface area contributed by atoms with E-state index in [2.05, 4.69) is 24.1 Å². The van der Waals surface area contributed by atoms with Crippen molar-refractivity contribution in [2.24, 2.45) is 0 Å². The van der Waals surface area contributed by atoms with Crippen molar-refractivity contribution in [1.29, 1.82) is 0 Å². The summed E-state index contributed by atoms with van der Waals surface area (Å²) in [7, 11) is 0. The Morgan fingerprint density at radius 3 is 2.57 bits per heavy atom. The number of aryl methyl sites for hydroxylation is 1. The van der Waals surface area contributed by atoms with Crippen LogP contribution < -0.4 is 0 Å². The average Bonchev–Trinajstić information content (AvgIpc) is 2.20. The summed E-state index contributed by atoms with van der Waals surface area (Å²) in [4.78, 5) is 3.13. The molecule has 1 nitrogen and oxygen atoms in total. The largest absolute Gasteiger partial charge is 0.365 e. The van der Waals surface area contributed by atoms with Crippen LogP contribution in [0.2, 0.25) is 0 Å². The lowest BCUT2D eigenvalue weighted by Gasteiger charge is -1.98. The number of pyridine rings is 1. The van der Waals surface area contributed by atoms with Gasteiger partial charge in [-0.15, -0.1) is 0 Å². The van der Waals surface area contributed by atoms with Gasteiger partial charge in [-0.2, -0.15) is 0 Å². The van der Waals surface area contributed by atoms with Crippen LogP contribution in [-0.4, -0.2) is 4.98 Å². The van der Waals surface area contributed by atoms with Crippen LogP contribution in [0.15, 0.2) is 18.3 Å². The Balaban J connectivity index is 0.000000791. The van der Waals surface area contributed by atoms with Gasteiger partial charge in [-0.1, -0.05) is 45.1 Å². The molecule has 0 aliphatic rings. The van der Waals surface area contributed by atoms with Crippen molar-refractivity contribution in [2.45, 2.75) is 34.1 Å². The molecule has 0 bridgehead atoms. The molecule has 0 aromatic carbocycles. The summed E-state index contributed by atoms with van der Waals surface area (Å²) in [6.07, 6.45) is 7.12. The minimum Gasteiger partial charge on any atom is -0.365 e. The van der Waals surface area contributed by atoms with Crippen LogP contribution in [0.1, 0.15) is 38.4 Å². The number of H-pyrrole nitrogens is 1. The molecule has 0 saturated heterocycles. The second kappa shape index (κ2) is 7.51. The molecule has 0 spiro atoms. The van der Waals surface area contributed by atoms with Gasteiger partial charge in [0.25, 0.3) is 0 Å². The van der Waals surface area contributed by atoms with E-state index in [4.69, 9.17) is 12.2 Å². The Labute approximate surface area is 91.9 Å². The van der Waals surface area contributed by atoms with E-state index in [1.165, 1.54) is 0 Å². The van der Waals surface area contributed by atoms with E-state index in [0.29, 0.717) is 0 Å². The first-order valence-corrected chi connectivity index (χ1v) is 5.51. The number of hydrogen-bond acceptors (Lipinski definition) is 1. The number of rotatable bonds is 2. The molecule has 0 atom stereocenters. The molecule has 1 aromatic heterocycles. The first kappa shape index (κ1) is 13.1. The van der Waals surface area contributed by atoms with E-state index in [1.807, 2.05) is 33.0 Å². The van der Waals surface area contributed by atoms with Gasteiger partial charge >= 0.3 is 0 Å². The summed E-state index contributed by atoms with van der Waals surface area (Å²) in [6, 6.07) is 1.91. The highest BCUT2D eigenvalue weighted by Gasteiger charge is 1.93. The molecular weight excluding hydrogens is 190 g/mol. The topological polar surface area (TPSA) is 15.8 Å². The van der Waals surface area contributed by atoms with E-state index < -0.39 is 0 Å². The Kier molecular flexibility index (Phi) is 7.03. The van der Waals surface area contributed by atoms with E-state index in [9.17, 15) is 0 Å². The fraction of sp³-hybridized carbons (Fsp3) is 0.417. The monoisotopic (exact) mass is 209 g/mol. The standard InChI is InChI=1S/C10H13NS.C2H6/c1-3-4-5-9-8(2)11-7-6-10(9)12;1-2/h4-7H,3H2,1-2H3,(H,11,12);1-2H3/b5-4-;. The van der Waals surface area contributed by atoms with Gasteiger partial charge in [-0.05, 0) is 19.4 Å². The quantitative estimate of drug-likeness (QED) is 0.709. The van der Waals surface area contributed by atoms with Gasteiger partial charge in [0.1, 0.15) is 0 Å². The molecule has 2 heteroatoms. The minimum absolute atomic E-state index is 0.913. The fourth-order valence-electron chi connectivity index (χ4n) is 1.04. The van der Waals surface area contributed by atoms with E-state index in [0.717, 1.165) is 22.2 Å². The van der Waals surface area contributed by atoms with Crippen molar-refractivity contribution in [1.82, 2.24) is 4.98 Å². The van der Waals surface area contributed by atoms with E-state index in [-0.39, 0.29) is 0 Å². The van der Waals surface area contributed by atoms with Gasteiger partial charge in [-0.3, -0.25) is 0 Å². The first-order chi connectivity index (χ1) is 6.75. The highest BCUT2D eigenvalue weighted by molar-refractivity contribution is 7.71. The lowest BCUT2D eigenvalue weighted by atomic mass is 10.2. The molecule has 1 N–H and O–H groups in total. The third-order valence-corrected chi connectivity index (χ3v) is 2.08. The number of allylic oxidation sites excluding steroid dienone is 1. The van der Waals surface area contributed by atoms with Crippen molar-refractivity contribution in [3.8, 4) is 0 Å². The third kappa shape index (κ3) is 3.88. The predicted molar refractivity (Wildman–Crippen MR) is 67.0 cm³/mol. The number of hydrogen-bond donors (Lipinski definition) is 1. The molecule has 1 rings (SSSR count). The lowest BCUT2D eigenvalue weighted by molar-refractivity contribution is 1.18. The normalized spacial score (nSPS) is 9.71. The average molecular weight is 209 g/mol. The van der Waals surface area contributed by atoms with Crippen molar-refractivity contribution < 1.29 is 0 Å². The highest BCUT2D eigenvalue weighted by atomic mass is 32.1. The summed E-state index contributed by atoms with van der Waals surface area (Å²) in [5.74, 6) is 0. The first-order valence-electron chi connectivity index (χ1n) is 5.10. The zero-order valence-electron chi connectivity index (χ0n) is 9.42. The number of nitrogens with one attached hydrogen (secondary N) is 1. The molecule has 14 heavy (non-hydrogen) atoms. The maximum Gasteiger partial charge on any atom is 0.0481 e. The highest BCUT2D eigenvalue weighted by Crippen LogP contribution is 2.09. The third-order valence-electron chi connectivity index (χ3n) is 1.72. The maximum absolute atomic E-state index is 5.18.